The average molecular weight is 209 g/mol. The zero-order chi connectivity index (χ0) is 11.3. The summed E-state index contributed by atoms with van der Waals surface area (Å²) in [7, 11) is 1.63. The Bertz CT molecular complexity index is 308. The third-order valence-electron chi connectivity index (χ3n) is 2.39. The van der Waals surface area contributed by atoms with Gasteiger partial charge in [0.25, 0.3) is 0 Å². The summed E-state index contributed by atoms with van der Waals surface area (Å²) in [6.07, 6.45) is 2.18. The largest absolute Gasteiger partial charge is 0.493 e. The van der Waals surface area contributed by atoms with Gasteiger partial charge in [-0.05, 0) is 25.0 Å². The van der Waals surface area contributed by atoms with E-state index in [2.05, 4.69) is 13.8 Å². The Morgan fingerprint density at radius 3 is 2.40 bits per heavy atom. The summed E-state index contributed by atoms with van der Waals surface area (Å²) in [5.41, 5.74) is 6.40. The first-order valence-electron chi connectivity index (χ1n) is 5.31. The molecule has 0 saturated carbocycles. The third kappa shape index (κ3) is 3.05. The highest BCUT2D eigenvalue weighted by atomic mass is 16.5. The molecule has 0 spiro atoms. The van der Waals surface area contributed by atoms with Gasteiger partial charge in [-0.1, -0.05) is 13.8 Å². The first-order chi connectivity index (χ1) is 7.21. The molecule has 1 aromatic carbocycles. The maximum atomic E-state index is 5.81. The first-order valence-corrected chi connectivity index (χ1v) is 5.31. The second kappa shape index (κ2) is 5.49. The van der Waals surface area contributed by atoms with E-state index in [0.717, 1.165) is 24.3 Å². The van der Waals surface area contributed by atoms with Crippen molar-refractivity contribution < 1.29 is 9.47 Å². The Morgan fingerprint density at radius 1 is 1.20 bits per heavy atom. The third-order valence-corrected chi connectivity index (χ3v) is 2.39. The monoisotopic (exact) mass is 209 g/mol. The van der Waals surface area contributed by atoms with Crippen LogP contribution < -0.4 is 15.2 Å². The molecule has 0 aromatic heterocycles. The number of nitrogens with two attached hydrogens (primary N) is 1. The molecule has 3 nitrogen and oxygen atoms in total. The smallest absolute Gasteiger partial charge is 0.163 e. The molecule has 2 N–H and O–H groups in total. The molecule has 0 aliphatic heterocycles. The van der Waals surface area contributed by atoms with Gasteiger partial charge in [0.1, 0.15) is 0 Å². The Labute approximate surface area is 91.2 Å². The number of hydrogen-bond donors (Lipinski definition) is 1. The molecule has 0 bridgehead atoms. The van der Waals surface area contributed by atoms with Crippen LogP contribution in [-0.2, 0) is 0 Å². The van der Waals surface area contributed by atoms with Crippen molar-refractivity contribution in [2.75, 3.05) is 12.8 Å². The molecular weight excluding hydrogens is 190 g/mol. The molecule has 84 valence electrons. The van der Waals surface area contributed by atoms with Gasteiger partial charge in [-0.3, -0.25) is 0 Å². The van der Waals surface area contributed by atoms with Crippen molar-refractivity contribution in [3.05, 3.63) is 18.2 Å². The number of anilines is 1. The molecule has 0 aliphatic rings. The lowest BCUT2D eigenvalue weighted by atomic mass is 10.2. The van der Waals surface area contributed by atoms with Crippen LogP contribution in [-0.4, -0.2) is 13.2 Å². The van der Waals surface area contributed by atoms with Crippen LogP contribution in [0, 0.1) is 0 Å². The molecule has 1 aromatic rings. The van der Waals surface area contributed by atoms with Crippen molar-refractivity contribution >= 4 is 5.69 Å². The quantitative estimate of drug-likeness (QED) is 0.758. The Morgan fingerprint density at radius 2 is 1.87 bits per heavy atom. The van der Waals surface area contributed by atoms with Crippen LogP contribution in [0.5, 0.6) is 11.5 Å². The molecular formula is C12H19NO2. The summed E-state index contributed by atoms with van der Waals surface area (Å²) in [5.74, 6) is 1.46. The molecule has 0 heterocycles. The van der Waals surface area contributed by atoms with Crippen molar-refractivity contribution in [3.63, 3.8) is 0 Å². The number of hydrogen-bond acceptors (Lipinski definition) is 3. The second-order valence-electron chi connectivity index (χ2n) is 3.47. The van der Waals surface area contributed by atoms with Crippen LogP contribution in [0.15, 0.2) is 18.2 Å². The van der Waals surface area contributed by atoms with Gasteiger partial charge in [0.15, 0.2) is 11.5 Å². The summed E-state index contributed by atoms with van der Waals surface area (Å²) in [4.78, 5) is 0. The Balaban J connectivity index is 2.86. The summed E-state index contributed by atoms with van der Waals surface area (Å²) < 4.78 is 11.0. The fraction of sp³-hybridized carbons (Fsp3) is 0.500. The van der Waals surface area contributed by atoms with Crippen LogP contribution in [0.2, 0.25) is 0 Å². The highest BCUT2D eigenvalue weighted by molar-refractivity contribution is 5.52. The van der Waals surface area contributed by atoms with Gasteiger partial charge in [0, 0.05) is 11.8 Å². The second-order valence-corrected chi connectivity index (χ2v) is 3.47. The summed E-state index contributed by atoms with van der Waals surface area (Å²) in [6.45, 7) is 4.21. The summed E-state index contributed by atoms with van der Waals surface area (Å²) in [5, 5.41) is 0. The molecule has 0 saturated heterocycles. The van der Waals surface area contributed by atoms with Crippen molar-refractivity contribution in [2.24, 2.45) is 0 Å². The molecule has 0 amide bonds. The molecule has 0 atom stereocenters. The minimum absolute atomic E-state index is 0.223. The van der Waals surface area contributed by atoms with Crippen LogP contribution in [0.25, 0.3) is 0 Å². The number of ether oxygens (including phenoxy) is 2. The minimum Gasteiger partial charge on any atom is -0.493 e. The zero-order valence-electron chi connectivity index (χ0n) is 9.62. The molecule has 15 heavy (non-hydrogen) atoms. The van der Waals surface area contributed by atoms with E-state index in [9.17, 15) is 0 Å². The fourth-order valence-corrected chi connectivity index (χ4v) is 1.42. The Kier molecular flexibility index (Phi) is 4.28. The normalized spacial score (nSPS) is 10.4. The topological polar surface area (TPSA) is 44.5 Å². The van der Waals surface area contributed by atoms with Crippen molar-refractivity contribution in [3.8, 4) is 11.5 Å². The number of benzene rings is 1. The van der Waals surface area contributed by atoms with Gasteiger partial charge in [0.05, 0.1) is 13.2 Å². The van der Waals surface area contributed by atoms with Crippen LogP contribution in [0.1, 0.15) is 26.7 Å². The lowest BCUT2D eigenvalue weighted by molar-refractivity contribution is 0.185. The van der Waals surface area contributed by atoms with Gasteiger partial charge in [-0.15, -0.1) is 0 Å². The lowest BCUT2D eigenvalue weighted by Crippen LogP contribution is -2.14. The maximum absolute atomic E-state index is 5.81. The highest BCUT2D eigenvalue weighted by Crippen LogP contribution is 2.30. The predicted octanol–water partition coefficient (Wildman–Crippen LogP) is 2.84. The Hall–Kier alpha value is -1.38. The average Bonchev–Trinajstić information content (AvgIpc) is 2.26. The fourth-order valence-electron chi connectivity index (χ4n) is 1.42. The molecule has 0 fully saturated rings. The molecule has 0 aliphatic carbocycles. The molecule has 0 unspecified atom stereocenters. The van der Waals surface area contributed by atoms with Crippen molar-refractivity contribution in [2.45, 2.75) is 32.8 Å². The van der Waals surface area contributed by atoms with Gasteiger partial charge in [-0.25, -0.2) is 0 Å². The van der Waals surface area contributed by atoms with Crippen LogP contribution >= 0.6 is 0 Å². The van der Waals surface area contributed by atoms with Gasteiger partial charge >= 0.3 is 0 Å². The van der Waals surface area contributed by atoms with E-state index < -0.39 is 0 Å². The zero-order valence-corrected chi connectivity index (χ0v) is 9.62. The van der Waals surface area contributed by atoms with E-state index in [4.69, 9.17) is 15.2 Å². The highest BCUT2D eigenvalue weighted by Gasteiger charge is 2.10. The SMILES string of the molecule is CCC(CC)Oc1cc(N)ccc1OC. The van der Waals surface area contributed by atoms with Crippen LogP contribution in [0.3, 0.4) is 0 Å². The number of methoxy groups -OCH3 is 1. The first kappa shape index (κ1) is 11.7. The molecule has 1 rings (SSSR count). The maximum Gasteiger partial charge on any atom is 0.163 e. The van der Waals surface area contributed by atoms with Crippen molar-refractivity contribution in [1.29, 1.82) is 0 Å². The van der Waals surface area contributed by atoms with Crippen molar-refractivity contribution in [1.82, 2.24) is 0 Å². The number of rotatable bonds is 5. The van der Waals surface area contributed by atoms with E-state index >= 15 is 0 Å². The van der Waals surface area contributed by atoms with E-state index in [0.29, 0.717) is 5.69 Å². The van der Waals surface area contributed by atoms with E-state index in [1.807, 2.05) is 6.07 Å². The molecule has 3 heteroatoms. The van der Waals surface area contributed by atoms with E-state index in [-0.39, 0.29) is 6.10 Å². The lowest BCUT2D eigenvalue weighted by Gasteiger charge is -2.18. The van der Waals surface area contributed by atoms with Gasteiger partial charge < -0.3 is 15.2 Å². The predicted molar refractivity (Wildman–Crippen MR) is 62.4 cm³/mol. The summed E-state index contributed by atoms with van der Waals surface area (Å²) in [6, 6.07) is 5.43. The van der Waals surface area contributed by atoms with Gasteiger partial charge in [0.2, 0.25) is 0 Å². The standard InChI is InChI=1S/C12H19NO2/c1-4-10(5-2)15-12-8-9(13)6-7-11(12)14-3/h6-8,10H,4-5,13H2,1-3H3. The van der Waals surface area contributed by atoms with Crippen LogP contribution in [0.4, 0.5) is 5.69 Å². The molecule has 0 radical (unpaired) electrons. The van der Waals surface area contributed by atoms with E-state index in [1.165, 1.54) is 0 Å². The van der Waals surface area contributed by atoms with Gasteiger partial charge in [-0.2, -0.15) is 0 Å². The minimum atomic E-state index is 0.223. The number of nitrogen functional groups attached to an aromatic ring is 1. The summed E-state index contributed by atoms with van der Waals surface area (Å²) >= 11 is 0. The van der Waals surface area contributed by atoms with E-state index in [1.54, 1.807) is 19.2 Å².